The third-order valence-electron chi connectivity index (χ3n) is 6.30. The van der Waals surface area contributed by atoms with Crippen LogP contribution in [0.5, 0.6) is 0 Å². The fourth-order valence-electron chi connectivity index (χ4n) is 4.77. The van der Waals surface area contributed by atoms with Crippen LogP contribution in [0, 0.1) is 17.3 Å². The van der Waals surface area contributed by atoms with Crippen molar-refractivity contribution >= 4 is 5.97 Å². The zero-order chi connectivity index (χ0) is 15.0. The average molecular weight is 294 g/mol. The van der Waals surface area contributed by atoms with Crippen LogP contribution in [0.25, 0.3) is 0 Å². The number of carbonyl (C=O) groups is 1. The van der Waals surface area contributed by atoms with Gasteiger partial charge in [0.15, 0.2) is 5.60 Å². The van der Waals surface area contributed by atoms with Gasteiger partial charge in [-0.1, -0.05) is 20.4 Å². The lowest BCUT2D eigenvalue weighted by atomic mass is 9.52. The molecular formula is C16H22O5. The Morgan fingerprint density at radius 3 is 2.71 bits per heavy atom. The Labute approximate surface area is 124 Å². The summed E-state index contributed by atoms with van der Waals surface area (Å²) in [6, 6.07) is 0. The fourth-order valence-corrected chi connectivity index (χ4v) is 4.77. The highest BCUT2D eigenvalue weighted by molar-refractivity contribution is 5.91. The highest BCUT2D eigenvalue weighted by Crippen LogP contribution is 2.64. The summed E-state index contributed by atoms with van der Waals surface area (Å²) in [5.74, 6) is -0.512. The third kappa shape index (κ3) is 1.45. The van der Waals surface area contributed by atoms with Gasteiger partial charge in [-0.05, 0) is 32.1 Å². The average Bonchev–Trinajstić information content (AvgIpc) is 2.67. The van der Waals surface area contributed by atoms with Gasteiger partial charge in [0.2, 0.25) is 12.1 Å². The van der Waals surface area contributed by atoms with Gasteiger partial charge < -0.3 is 9.47 Å². The molecule has 5 nitrogen and oxygen atoms in total. The third-order valence-corrected chi connectivity index (χ3v) is 6.30. The van der Waals surface area contributed by atoms with Crippen LogP contribution in [0.4, 0.5) is 0 Å². The maximum Gasteiger partial charge on any atom is 0.336 e. The van der Waals surface area contributed by atoms with E-state index in [1.165, 1.54) is 0 Å². The van der Waals surface area contributed by atoms with Crippen molar-refractivity contribution in [3.63, 3.8) is 0 Å². The van der Waals surface area contributed by atoms with Crippen LogP contribution in [-0.2, 0) is 24.0 Å². The Bertz CT molecular complexity index is 531. The summed E-state index contributed by atoms with van der Waals surface area (Å²) in [4.78, 5) is 23.8. The van der Waals surface area contributed by atoms with E-state index in [2.05, 4.69) is 13.5 Å². The number of ether oxygens (including phenoxy) is 2. The number of rotatable bonds is 0. The molecule has 5 aliphatic rings. The lowest BCUT2D eigenvalue weighted by Crippen LogP contribution is -2.72. The predicted octanol–water partition coefficient (Wildman–Crippen LogP) is 2.71. The van der Waals surface area contributed by atoms with Crippen LogP contribution in [0.1, 0.15) is 46.5 Å². The molecule has 0 unspecified atom stereocenters. The van der Waals surface area contributed by atoms with Crippen LogP contribution < -0.4 is 0 Å². The van der Waals surface area contributed by atoms with E-state index in [4.69, 9.17) is 19.2 Å². The second-order valence-corrected chi connectivity index (χ2v) is 7.42. The predicted molar refractivity (Wildman–Crippen MR) is 72.6 cm³/mol. The minimum Gasteiger partial charge on any atom is -0.429 e. The van der Waals surface area contributed by atoms with E-state index >= 15 is 0 Å². The van der Waals surface area contributed by atoms with E-state index < -0.39 is 23.1 Å². The summed E-state index contributed by atoms with van der Waals surface area (Å²) in [5, 5.41) is 0. The van der Waals surface area contributed by atoms with E-state index in [-0.39, 0.29) is 11.9 Å². The molecule has 4 heterocycles. The minimum absolute atomic E-state index is 0.232. The Balaban J connectivity index is 1.92. The molecule has 116 valence electrons. The molecule has 21 heavy (non-hydrogen) atoms. The Hall–Kier alpha value is -0.910. The zero-order valence-electron chi connectivity index (χ0n) is 12.8. The van der Waals surface area contributed by atoms with Crippen molar-refractivity contribution in [2.45, 2.75) is 64.1 Å². The maximum atomic E-state index is 12.2. The van der Waals surface area contributed by atoms with Crippen molar-refractivity contribution in [3.8, 4) is 0 Å². The summed E-state index contributed by atoms with van der Waals surface area (Å²) in [5.41, 5.74) is -0.796. The fraction of sp³-hybridized carbons (Fsp3) is 0.812. The van der Waals surface area contributed by atoms with Gasteiger partial charge in [0, 0.05) is 23.3 Å². The first kappa shape index (κ1) is 13.7. The molecule has 0 amide bonds. The van der Waals surface area contributed by atoms with Crippen LogP contribution in [-0.4, -0.2) is 23.6 Å². The van der Waals surface area contributed by atoms with Gasteiger partial charge in [-0.25, -0.2) is 14.6 Å². The smallest absolute Gasteiger partial charge is 0.336 e. The van der Waals surface area contributed by atoms with E-state index in [0.717, 1.165) is 25.7 Å². The lowest BCUT2D eigenvalue weighted by Gasteiger charge is -2.61. The molecule has 0 aromatic carbocycles. The molecule has 4 saturated heterocycles. The van der Waals surface area contributed by atoms with E-state index in [0.29, 0.717) is 11.5 Å². The molecule has 0 aromatic rings. The first-order chi connectivity index (χ1) is 9.82. The minimum atomic E-state index is -0.840. The quantitative estimate of drug-likeness (QED) is 0.390. The second-order valence-electron chi connectivity index (χ2n) is 7.42. The number of esters is 1. The van der Waals surface area contributed by atoms with Gasteiger partial charge in [0.1, 0.15) is 0 Å². The molecule has 1 spiro atoms. The molecule has 5 fully saturated rings. The molecule has 1 aliphatic carbocycles. The van der Waals surface area contributed by atoms with Gasteiger partial charge in [-0.3, -0.25) is 0 Å². The Morgan fingerprint density at radius 2 is 1.95 bits per heavy atom. The van der Waals surface area contributed by atoms with Crippen molar-refractivity contribution in [1.82, 2.24) is 0 Å². The zero-order valence-corrected chi connectivity index (χ0v) is 12.8. The van der Waals surface area contributed by atoms with Crippen molar-refractivity contribution in [3.05, 3.63) is 12.2 Å². The maximum absolute atomic E-state index is 12.2. The van der Waals surface area contributed by atoms with Crippen molar-refractivity contribution < 1.29 is 24.0 Å². The molecular weight excluding hydrogens is 272 g/mol. The first-order valence-corrected chi connectivity index (χ1v) is 7.77. The molecule has 6 atom stereocenters. The summed E-state index contributed by atoms with van der Waals surface area (Å²) in [6.07, 6.45) is 2.84. The molecule has 1 saturated carbocycles. The Kier molecular flexibility index (Phi) is 2.54. The molecule has 0 N–H and O–H groups in total. The van der Waals surface area contributed by atoms with Gasteiger partial charge in [-0.2, -0.15) is 0 Å². The number of fused-ring (bicyclic) bond motifs is 2. The summed E-state index contributed by atoms with van der Waals surface area (Å²) < 4.78 is 11.6. The van der Waals surface area contributed by atoms with Crippen molar-refractivity contribution in [1.29, 1.82) is 0 Å². The molecule has 0 radical (unpaired) electrons. The lowest BCUT2D eigenvalue weighted by molar-refractivity contribution is -0.561. The topological polar surface area (TPSA) is 54.0 Å². The van der Waals surface area contributed by atoms with E-state index in [1.54, 1.807) is 0 Å². The van der Waals surface area contributed by atoms with Crippen molar-refractivity contribution in [2.24, 2.45) is 17.3 Å². The van der Waals surface area contributed by atoms with E-state index in [1.807, 2.05) is 13.8 Å². The first-order valence-electron chi connectivity index (χ1n) is 7.77. The summed E-state index contributed by atoms with van der Waals surface area (Å²) in [6.45, 7) is 10.1. The highest BCUT2D eigenvalue weighted by Gasteiger charge is 2.74. The summed E-state index contributed by atoms with van der Waals surface area (Å²) in [7, 11) is 0. The molecule has 5 rings (SSSR count). The van der Waals surface area contributed by atoms with Crippen LogP contribution in [0.3, 0.4) is 0 Å². The highest BCUT2D eigenvalue weighted by atomic mass is 17.3. The number of hydrogen-bond acceptors (Lipinski definition) is 5. The van der Waals surface area contributed by atoms with Gasteiger partial charge in [0.25, 0.3) is 0 Å². The molecule has 2 bridgehead atoms. The summed E-state index contributed by atoms with van der Waals surface area (Å²) >= 11 is 0. The van der Waals surface area contributed by atoms with Crippen LogP contribution in [0.2, 0.25) is 0 Å². The standard InChI is InChI=1S/C16H22O5/c1-9-5-7-14(3)10(2)12(17)18-13-16(14)11(9)6-8-15(4,19-13)20-21-16/h9,11,13H,2,5-8H2,1,3-4H3/t9-,11+,13-,14+,15-,16+/m1/s1. The van der Waals surface area contributed by atoms with Gasteiger partial charge in [0.05, 0.1) is 0 Å². The van der Waals surface area contributed by atoms with Crippen molar-refractivity contribution in [2.75, 3.05) is 0 Å². The molecule has 0 aromatic heterocycles. The monoisotopic (exact) mass is 294 g/mol. The second kappa shape index (κ2) is 3.89. The van der Waals surface area contributed by atoms with E-state index in [9.17, 15) is 4.79 Å². The SMILES string of the molecule is C=C1C(=O)O[C@@H]2O[C@@]3(C)CC[C@H]4[C@H](C)CC[C@]1(C)[C@@]24OO3. The number of hydrogen-bond donors (Lipinski definition) is 0. The van der Waals surface area contributed by atoms with Gasteiger partial charge in [-0.15, -0.1) is 0 Å². The number of carbonyl (C=O) groups excluding carboxylic acids is 1. The van der Waals surface area contributed by atoms with Crippen LogP contribution in [0.15, 0.2) is 12.2 Å². The Morgan fingerprint density at radius 1 is 1.19 bits per heavy atom. The van der Waals surface area contributed by atoms with Crippen LogP contribution >= 0.6 is 0 Å². The molecule has 4 aliphatic heterocycles. The molecule has 5 heteroatoms. The normalized spacial score (nSPS) is 55.7. The van der Waals surface area contributed by atoms with Gasteiger partial charge >= 0.3 is 5.97 Å². The largest absolute Gasteiger partial charge is 0.429 e.